The molecule has 8 nitrogen and oxygen atoms in total. The van der Waals surface area contributed by atoms with Crippen LogP contribution in [0.4, 0.5) is 0 Å². The van der Waals surface area contributed by atoms with Gasteiger partial charge in [0.05, 0.1) is 19.0 Å². The number of carbonyl (C=O) groups is 1. The lowest BCUT2D eigenvalue weighted by Gasteiger charge is -2.41. The Balaban J connectivity index is 1.96. The predicted octanol–water partition coefficient (Wildman–Crippen LogP) is 0.598. The molecule has 2 saturated heterocycles. The zero-order chi connectivity index (χ0) is 20.7. The van der Waals surface area contributed by atoms with Crippen molar-refractivity contribution in [1.29, 1.82) is 0 Å². The topological polar surface area (TPSA) is 82.2 Å². The summed E-state index contributed by atoms with van der Waals surface area (Å²) in [5.74, 6) is -0.623. The molecule has 0 radical (unpaired) electrons. The molecule has 2 aliphatic rings. The lowest BCUT2D eigenvalue weighted by molar-refractivity contribution is -0.122. The number of morpholine rings is 1. The van der Waals surface area contributed by atoms with Crippen LogP contribution in [0.5, 0.6) is 0 Å². The van der Waals surface area contributed by atoms with Crippen LogP contribution >= 0.6 is 0 Å². The second-order valence-electron chi connectivity index (χ2n) is 7.25. The van der Waals surface area contributed by atoms with Gasteiger partial charge in [0.1, 0.15) is 5.70 Å². The standard InChI is InChI=1S/C19H34N4O4S/c1-5-14-28(25,26)21(4)19(24)18(20-3)15-16(2)22-8-6-17(7-9-22)23-10-12-27-13-11-23/h15,17,20H,2,5-14H2,1,3-4H3/b18-15-. The summed E-state index contributed by atoms with van der Waals surface area (Å²) in [5, 5.41) is 2.82. The van der Waals surface area contributed by atoms with Gasteiger partial charge < -0.3 is 15.0 Å². The number of hydrogen-bond donors (Lipinski definition) is 1. The number of piperidine rings is 1. The summed E-state index contributed by atoms with van der Waals surface area (Å²) in [6, 6.07) is 0.563. The molecule has 0 aromatic heterocycles. The molecule has 2 aliphatic heterocycles. The van der Waals surface area contributed by atoms with Gasteiger partial charge in [-0.2, -0.15) is 0 Å². The molecule has 0 unspecified atom stereocenters. The number of sulfonamides is 1. The van der Waals surface area contributed by atoms with E-state index in [0.29, 0.717) is 12.5 Å². The first-order valence-corrected chi connectivity index (χ1v) is 11.6. The largest absolute Gasteiger partial charge is 0.384 e. The fraction of sp³-hybridized carbons (Fsp3) is 0.737. The van der Waals surface area contributed by atoms with Crippen molar-refractivity contribution in [3.63, 3.8) is 0 Å². The molecule has 0 aliphatic carbocycles. The van der Waals surface area contributed by atoms with Crippen molar-refractivity contribution in [1.82, 2.24) is 19.4 Å². The van der Waals surface area contributed by atoms with Gasteiger partial charge in [-0.1, -0.05) is 13.5 Å². The Labute approximate surface area is 169 Å². The lowest BCUT2D eigenvalue weighted by atomic mass is 10.0. The maximum atomic E-state index is 12.6. The Bertz CT molecular complexity index is 678. The molecule has 1 N–H and O–H groups in total. The molecule has 0 saturated carbocycles. The molecule has 0 spiro atoms. The quantitative estimate of drug-likeness (QED) is 0.460. The number of carbonyl (C=O) groups excluding carboxylic acids is 1. The van der Waals surface area contributed by atoms with E-state index in [4.69, 9.17) is 4.74 Å². The third kappa shape index (κ3) is 5.71. The van der Waals surface area contributed by atoms with Gasteiger partial charge >= 0.3 is 0 Å². The van der Waals surface area contributed by atoms with Crippen molar-refractivity contribution in [3.8, 4) is 0 Å². The van der Waals surface area contributed by atoms with Gasteiger partial charge in [0.15, 0.2) is 0 Å². The maximum absolute atomic E-state index is 12.6. The summed E-state index contributed by atoms with van der Waals surface area (Å²) in [7, 11) is -0.687. The summed E-state index contributed by atoms with van der Waals surface area (Å²) in [5.41, 5.74) is 0.946. The van der Waals surface area contributed by atoms with Crippen LogP contribution in [0.2, 0.25) is 0 Å². The van der Waals surface area contributed by atoms with E-state index in [1.54, 1.807) is 20.0 Å². The molecule has 2 heterocycles. The molecule has 0 bridgehead atoms. The fourth-order valence-electron chi connectivity index (χ4n) is 3.65. The minimum atomic E-state index is -3.60. The minimum absolute atomic E-state index is 0.0533. The molecule has 1 amide bonds. The Morgan fingerprint density at radius 2 is 1.86 bits per heavy atom. The van der Waals surface area contributed by atoms with Crippen LogP contribution in [-0.2, 0) is 19.6 Å². The number of ether oxygens (including phenoxy) is 1. The van der Waals surface area contributed by atoms with Crippen LogP contribution in [0.15, 0.2) is 24.0 Å². The van der Waals surface area contributed by atoms with Crippen molar-refractivity contribution < 1.29 is 17.9 Å². The first-order valence-electron chi connectivity index (χ1n) is 9.96. The molecule has 0 atom stereocenters. The van der Waals surface area contributed by atoms with Crippen LogP contribution in [0, 0.1) is 0 Å². The Morgan fingerprint density at radius 3 is 2.39 bits per heavy atom. The highest BCUT2D eigenvalue weighted by Crippen LogP contribution is 2.21. The van der Waals surface area contributed by atoms with Crippen molar-refractivity contribution in [2.45, 2.75) is 32.2 Å². The smallest absolute Gasteiger partial charge is 0.283 e. The summed E-state index contributed by atoms with van der Waals surface area (Å²) in [4.78, 5) is 17.3. The van der Waals surface area contributed by atoms with Crippen molar-refractivity contribution in [3.05, 3.63) is 24.0 Å². The van der Waals surface area contributed by atoms with Gasteiger partial charge in [-0.25, -0.2) is 12.7 Å². The van der Waals surface area contributed by atoms with Crippen LogP contribution < -0.4 is 5.32 Å². The van der Waals surface area contributed by atoms with Crippen LogP contribution in [0.1, 0.15) is 26.2 Å². The Hall–Kier alpha value is -1.58. The summed E-state index contributed by atoms with van der Waals surface area (Å²) < 4.78 is 30.6. The third-order valence-electron chi connectivity index (χ3n) is 5.41. The molecule has 2 rings (SSSR count). The summed E-state index contributed by atoms with van der Waals surface area (Å²) in [6.07, 6.45) is 4.19. The van der Waals surface area contributed by atoms with Crippen molar-refractivity contribution in [2.75, 3.05) is 59.2 Å². The van der Waals surface area contributed by atoms with Crippen LogP contribution in [0.3, 0.4) is 0 Å². The first kappa shape index (κ1) is 22.7. The normalized spacial score (nSPS) is 20.1. The number of nitrogens with zero attached hydrogens (tertiary/aromatic N) is 3. The number of likely N-dealkylation sites (N-methyl/N-ethyl adjacent to an activating group) is 2. The summed E-state index contributed by atoms with van der Waals surface area (Å²) >= 11 is 0. The monoisotopic (exact) mass is 414 g/mol. The fourth-order valence-corrected chi connectivity index (χ4v) is 4.79. The van der Waals surface area contributed by atoms with E-state index in [0.717, 1.165) is 62.2 Å². The Kier molecular flexibility index (Phi) is 8.33. The van der Waals surface area contributed by atoms with E-state index in [2.05, 4.69) is 21.7 Å². The van der Waals surface area contributed by atoms with Gasteiger partial charge in [-0.3, -0.25) is 9.69 Å². The molecule has 9 heteroatoms. The lowest BCUT2D eigenvalue weighted by Crippen LogP contribution is -2.48. The van der Waals surface area contributed by atoms with Gasteiger partial charge in [-0.15, -0.1) is 0 Å². The molecule has 28 heavy (non-hydrogen) atoms. The number of rotatable bonds is 8. The molecule has 160 valence electrons. The third-order valence-corrected chi connectivity index (χ3v) is 7.33. The van der Waals surface area contributed by atoms with E-state index in [-0.39, 0.29) is 11.4 Å². The number of amides is 1. The van der Waals surface area contributed by atoms with Crippen molar-refractivity contribution >= 4 is 15.9 Å². The molecule has 0 aromatic carbocycles. The molecule has 0 aromatic rings. The van der Waals surface area contributed by atoms with E-state index < -0.39 is 15.9 Å². The highest BCUT2D eigenvalue weighted by molar-refractivity contribution is 7.89. The maximum Gasteiger partial charge on any atom is 0.283 e. The SMILES string of the molecule is C=C(/C=C(\NC)C(=O)N(C)S(=O)(=O)CCC)N1CCC(N2CCOCC2)CC1. The van der Waals surface area contributed by atoms with E-state index in [1.165, 1.54) is 7.05 Å². The number of nitrogens with one attached hydrogen (secondary N) is 1. The molecule has 2 fully saturated rings. The minimum Gasteiger partial charge on any atom is -0.384 e. The Morgan fingerprint density at radius 1 is 1.25 bits per heavy atom. The zero-order valence-electron chi connectivity index (χ0n) is 17.3. The predicted molar refractivity (Wildman–Crippen MR) is 110 cm³/mol. The molecular formula is C19H34N4O4S. The average molecular weight is 415 g/mol. The van der Waals surface area contributed by atoms with Gasteiger partial charge in [-0.05, 0) is 25.3 Å². The highest BCUT2D eigenvalue weighted by atomic mass is 32.2. The number of hydrogen-bond acceptors (Lipinski definition) is 7. The summed E-state index contributed by atoms with van der Waals surface area (Å²) in [6.45, 7) is 11.2. The zero-order valence-corrected chi connectivity index (χ0v) is 18.1. The van der Waals surface area contributed by atoms with E-state index in [9.17, 15) is 13.2 Å². The van der Waals surface area contributed by atoms with Gasteiger partial charge in [0.2, 0.25) is 10.0 Å². The molecular weight excluding hydrogens is 380 g/mol. The van der Waals surface area contributed by atoms with Crippen LogP contribution in [0.25, 0.3) is 0 Å². The van der Waals surface area contributed by atoms with E-state index >= 15 is 0 Å². The average Bonchev–Trinajstić information content (AvgIpc) is 2.71. The second-order valence-corrected chi connectivity index (χ2v) is 9.37. The number of likely N-dealkylation sites (tertiary alicyclic amines) is 1. The van der Waals surface area contributed by atoms with Gasteiger partial charge in [0.25, 0.3) is 5.91 Å². The van der Waals surface area contributed by atoms with E-state index in [1.807, 2.05) is 0 Å². The second kappa shape index (κ2) is 10.3. The van der Waals surface area contributed by atoms with Crippen molar-refractivity contribution in [2.24, 2.45) is 0 Å². The van der Waals surface area contributed by atoms with Gasteiger partial charge in [0, 0.05) is 52.0 Å². The highest BCUT2D eigenvalue weighted by Gasteiger charge is 2.28. The first-order chi connectivity index (χ1) is 13.3. The number of allylic oxidation sites excluding steroid dienone is 1. The van der Waals surface area contributed by atoms with Crippen LogP contribution in [-0.4, -0.2) is 93.7 Å².